The Morgan fingerprint density at radius 1 is 1.12 bits per heavy atom. The highest BCUT2D eigenvalue weighted by atomic mass is 19.4. The van der Waals surface area contributed by atoms with Crippen molar-refractivity contribution in [1.82, 2.24) is 19.9 Å². The average Bonchev–Trinajstić information content (AvgIpc) is 2.26. The molecular formula is C9H7F3N4. The molecule has 0 aliphatic rings. The number of halogens is 3. The van der Waals surface area contributed by atoms with E-state index in [2.05, 4.69) is 19.9 Å². The van der Waals surface area contributed by atoms with Gasteiger partial charge in [-0.2, -0.15) is 13.2 Å². The van der Waals surface area contributed by atoms with Crippen LogP contribution in [0.1, 0.15) is 18.6 Å². The Labute approximate surface area is 88.6 Å². The fourth-order valence-electron chi connectivity index (χ4n) is 1.16. The topological polar surface area (TPSA) is 51.6 Å². The molecular weight excluding hydrogens is 221 g/mol. The Morgan fingerprint density at radius 3 is 2.44 bits per heavy atom. The second-order valence-electron chi connectivity index (χ2n) is 3.11. The van der Waals surface area contributed by atoms with Crippen molar-refractivity contribution < 1.29 is 13.2 Å². The summed E-state index contributed by atoms with van der Waals surface area (Å²) in [5.41, 5.74) is 0.0224. The molecule has 4 nitrogen and oxygen atoms in total. The molecule has 0 unspecified atom stereocenters. The number of fused-ring (bicyclic) bond motifs is 1. The number of hydrogen-bond acceptors (Lipinski definition) is 4. The third-order valence-corrected chi connectivity index (χ3v) is 1.95. The Bertz CT molecular complexity index is 524. The fourth-order valence-corrected chi connectivity index (χ4v) is 1.16. The van der Waals surface area contributed by atoms with Gasteiger partial charge in [-0.25, -0.2) is 19.9 Å². The van der Waals surface area contributed by atoms with E-state index in [9.17, 15) is 13.2 Å². The Hall–Kier alpha value is -1.79. The van der Waals surface area contributed by atoms with Crippen LogP contribution in [0.5, 0.6) is 0 Å². The first-order valence-electron chi connectivity index (χ1n) is 4.56. The highest BCUT2D eigenvalue weighted by molar-refractivity contribution is 5.72. The average molecular weight is 228 g/mol. The van der Waals surface area contributed by atoms with Crippen LogP contribution in [-0.4, -0.2) is 19.9 Å². The molecule has 0 amide bonds. The molecule has 0 aliphatic heterocycles. The summed E-state index contributed by atoms with van der Waals surface area (Å²) in [7, 11) is 0. The molecule has 0 N–H and O–H groups in total. The molecule has 2 aromatic heterocycles. The SMILES string of the molecule is CCc1ncc2cnc(C(F)(F)F)nc2n1. The molecule has 0 saturated carbocycles. The van der Waals surface area contributed by atoms with E-state index >= 15 is 0 Å². The molecule has 16 heavy (non-hydrogen) atoms. The molecule has 84 valence electrons. The van der Waals surface area contributed by atoms with Crippen molar-refractivity contribution in [2.75, 3.05) is 0 Å². The van der Waals surface area contributed by atoms with E-state index in [0.29, 0.717) is 17.6 Å². The normalized spacial score (nSPS) is 12.0. The molecule has 0 atom stereocenters. The van der Waals surface area contributed by atoms with Crippen LogP contribution in [0.15, 0.2) is 12.4 Å². The molecule has 0 aromatic carbocycles. The lowest BCUT2D eigenvalue weighted by Crippen LogP contribution is -2.11. The molecule has 0 fully saturated rings. The van der Waals surface area contributed by atoms with Gasteiger partial charge in [-0.3, -0.25) is 0 Å². The van der Waals surface area contributed by atoms with Gasteiger partial charge in [0.2, 0.25) is 5.82 Å². The Balaban J connectivity index is 2.59. The van der Waals surface area contributed by atoms with Crippen LogP contribution in [-0.2, 0) is 12.6 Å². The van der Waals surface area contributed by atoms with Gasteiger partial charge in [0.05, 0.1) is 5.39 Å². The molecule has 0 spiro atoms. The number of aromatic nitrogens is 4. The minimum atomic E-state index is -4.55. The third-order valence-electron chi connectivity index (χ3n) is 1.95. The first-order chi connectivity index (χ1) is 7.50. The maximum Gasteiger partial charge on any atom is 0.451 e. The highest BCUT2D eigenvalue weighted by Crippen LogP contribution is 2.26. The van der Waals surface area contributed by atoms with Crippen molar-refractivity contribution in [3.8, 4) is 0 Å². The third kappa shape index (κ3) is 1.93. The molecule has 2 rings (SSSR count). The van der Waals surface area contributed by atoms with Gasteiger partial charge in [-0.15, -0.1) is 0 Å². The lowest BCUT2D eigenvalue weighted by atomic mass is 10.3. The number of aryl methyl sites for hydroxylation is 1. The zero-order chi connectivity index (χ0) is 11.8. The summed E-state index contributed by atoms with van der Waals surface area (Å²) in [6.45, 7) is 1.81. The lowest BCUT2D eigenvalue weighted by Gasteiger charge is -2.05. The molecule has 0 radical (unpaired) electrons. The first kappa shape index (κ1) is 10.7. The summed E-state index contributed by atoms with van der Waals surface area (Å²) < 4.78 is 37.0. The number of hydrogen-bond donors (Lipinski definition) is 0. The van der Waals surface area contributed by atoms with Crippen LogP contribution in [0.2, 0.25) is 0 Å². The molecule has 7 heteroatoms. The van der Waals surface area contributed by atoms with Gasteiger partial charge >= 0.3 is 6.18 Å². The van der Waals surface area contributed by atoms with Crippen molar-refractivity contribution >= 4 is 11.0 Å². The van der Waals surface area contributed by atoms with Crippen LogP contribution in [0, 0.1) is 0 Å². The quantitative estimate of drug-likeness (QED) is 0.749. The van der Waals surface area contributed by atoms with E-state index in [-0.39, 0.29) is 5.65 Å². The van der Waals surface area contributed by atoms with Crippen LogP contribution < -0.4 is 0 Å². The maximum absolute atomic E-state index is 12.3. The molecule has 2 aromatic rings. The van der Waals surface area contributed by atoms with Gasteiger partial charge in [-0.1, -0.05) is 6.92 Å². The summed E-state index contributed by atoms with van der Waals surface area (Å²) in [4.78, 5) is 14.4. The number of alkyl halides is 3. The van der Waals surface area contributed by atoms with E-state index in [1.165, 1.54) is 6.20 Å². The highest BCUT2D eigenvalue weighted by Gasteiger charge is 2.34. The van der Waals surface area contributed by atoms with Crippen LogP contribution >= 0.6 is 0 Å². The monoisotopic (exact) mass is 228 g/mol. The van der Waals surface area contributed by atoms with Crippen molar-refractivity contribution in [3.63, 3.8) is 0 Å². The van der Waals surface area contributed by atoms with E-state index in [4.69, 9.17) is 0 Å². The molecule has 0 aliphatic carbocycles. The summed E-state index contributed by atoms with van der Waals surface area (Å²) in [6, 6.07) is 0. The number of rotatable bonds is 1. The summed E-state index contributed by atoms with van der Waals surface area (Å²) in [5.74, 6) is -0.722. The van der Waals surface area contributed by atoms with Crippen molar-refractivity contribution in [3.05, 3.63) is 24.0 Å². The smallest absolute Gasteiger partial charge is 0.241 e. The van der Waals surface area contributed by atoms with E-state index < -0.39 is 12.0 Å². The summed E-state index contributed by atoms with van der Waals surface area (Å²) in [5, 5.41) is 0.394. The van der Waals surface area contributed by atoms with E-state index in [0.717, 1.165) is 6.20 Å². The minimum absolute atomic E-state index is 0.0224. The van der Waals surface area contributed by atoms with Gasteiger partial charge in [-0.05, 0) is 0 Å². The van der Waals surface area contributed by atoms with Gasteiger partial charge in [0, 0.05) is 18.8 Å². The number of nitrogens with zero attached hydrogens (tertiary/aromatic N) is 4. The second-order valence-corrected chi connectivity index (χ2v) is 3.11. The Kier molecular flexibility index (Phi) is 2.45. The zero-order valence-corrected chi connectivity index (χ0v) is 8.28. The second kappa shape index (κ2) is 3.66. The van der Waals surface area contributed by atoms with Gasteiger partial charge in [0.1, 0.15) is 5.82 Å². The first-order valence-corrected chi connectivity index (χ1v) is 4.56. The molecule has 0 saturated heterocycles. The van der Waals surface area contributed by atoms with Gasteiger partial charge in [0.15, 0.2) is 5.65 Å². The van der Waals surface area contributed by atoms with Gasteiger partial charge in [0.25, 0.3) is 0 Å². The predicted octanol–water partition coefficient (Wildman–Crippen LogP) is 2.00. The Morgan fingerprint density at radius 2 is 1.81 bits per heavy atom. The molecule has 2 heterocycles. The standard InChI is InChI=1S/C9H7F3N4/c1-2-6-13-3-5-4-14-8(9(10,11)12)16-7(5)15-6/h3-4H,2H2,1H3. The molecule has 0 bridgehead atoms. The summed E-state index contributed by atoms with van der Waals surface area (Å²) in [6.07, 6.45) is -1.52. The maximum atomic E-state index is 12.3. The van der Waals surface area contributed by atoms with Crippen molar-refractivity contribution in [2.45, 2.75) is 19.5 Å². The minimum Gasteiger partial charge on any atom is -0.241 e. The van der Waals surface area contributed by atoms with Crippen LogP contribution in [0.25, 0.3) is 11.0 Å². The van der Waals surface area contributed by atoms with Crippen molar-refractivity contribution in [2.24, 2.45) is 0 Å². The van der Waals surface area contributed by atoms with Gasteiger partial charge < -0.3 is 0 Å². The fraction of sp³-hybridized carbons (Fsp3) is 0.333. The van der Waals surface area contributed by atoms with Crippen LogP contribution in [0.3, 0.4) is 0 Å². The van der Waals surface area contributed by atoms with E-state index in [1.54, 1.807) is 0 Å². The largest absolute Gasteiger partial charge is 0.451 e. The van der Waals surface area contributed by atoms with E-state index in [1.807, 2.05) is 6.92 Å². The van der Waals surface area contributed by atoms with Crippen LogP contribution in [0.4, 0.5) is 13.2 Å². The summed E-state index contributed by atoms with van der Waals surface area (Å²) >= 11 is 0. The zero-order valence-electron chi connectivity index (χ0n) is 8.28. The van der Waals surface area contributed by atoms with Crippen molar-refractivity contribution in [1.29, 1.82) is 0 Å². The lowest BCUT2D eigenvalue weighted by molar-refractivity contribution is -0.144. The predicted molar refractivity (Wildman–Crippen MR) is 49.5 cm³/mol.